The average molecular weight is 313 g/mol. The van der Waals surface area contributed by atoms with Crippen molar-refractivity contribution >= 4 is 21.6 Å². The molecule has 2 rings (SSSR count). The van der Waals surface area contributed by atoms with Crippen molar-refractivity contribution in [2.75, 3.05) is 38.2 Å². The molecule has 100 valence electrons. The van der Waals surface area contributed by atoms with Crippen LogP contribution < -0.4 is 4.90 Å². The molecule has 0 saturated carbocycles. The number of rotatable bonds is 3. The third-order valence-corrected chi connectivity index (χ3v) is 4.12. The molecule has 1 aliphatic rings. The Labute approximate surface area is 118 Å². The summed E-state index contributed by atoms with van der Waals surface area (Å²) in [5.74, 6) is 0. The van der Waals surface area contributed by atoms with Gasteiger partial charge in [0.25, 0.3) is 0 Å². The Hall–Kier alpha value is -0.580. The van der Waals surface area contributed by atoms with Gasteiger partial charge in [-0.2, -0.15) is 0 Å². The molecule has 1 saturated heterocycles. The molecular weight excluding hydrogens is 292 g/mol. The molecule has 0 amide bonds. The fraction of sp³-hybridized carbons (Fsp3) is 0.571. The molecule has 1 N–H and O–H groups in total. The van der Waals surface area contributed by atoms with E-state index in [1.54, 1.807) is 0 Å². The second-order valence-corrected chi connectivity index (χ2v) is 5.84. The minimum atomic E-state index is 0.265. The van der Waals surface area contributed by atoms with Gasteiger partial charge in [0.15, 0.2) is 0 Å². The van der Waals surface area contributed by atoms with Gasteiger partial charge in [0, 0.05) is 35.9 Å². The number of hydrogen-bond acceptors (Lipinski definition) is 3. The van der Waals surface area contributed by atoms with Crippen molar-refractivity contribution in [3.05, 3.63) is 28.7 Å². The molecule has 0 aliphatic carbocycles. The van der Waals surface area contributed by atoms with Crippen LogP contribution in [0.15, 0.2) is 28.7 Å². The Bertz CT molecular complexity index is 386. The first-order valence-electron chi connectivity index (χ1n) is 6.52. The molecule has 1 aromatic rings. The fourth-order valence-corrected chi connectivity index (χ4v) is 2.93. The summed E-state index contributed by atoms with van der Waals surface area (Å²) in [6.45, 7) is 3.45. The number of likely N-dealkylation sites (N-methyl/N-ethyl adjacent to an activating group) is 1. The molecule has 0 spiro atoms. The molecule has 1 unspecified atom stereocenters. The van der Waals surface area contributed by atoms with Gasteiger partial charge in [0.05, 0.1) is 0 Å². The van der Waals surface area contributed by atoms with E-state index in [4.69, 9.17) is 0 Å². The van der Waals surface area contributed by atoms with Gasteiger partial charge in [-0.15, -0.1) is 0 Å². The molecule has 1 aliphatic heterocycles. The molecule has 18 heavy (non-hydrogen) atoms. The number of halogens is 1. The van der Waals surface area contributed by atoms with E-state index in [0.717, 1.165) is 30.5 Å². The van der Waals surface area contributed by atoms with Crippen molar-refractivity contribution in [1.29, 1.82) is 0 Å². The zero-order chi connectivity index (χ0) is 13.0. The van der Waals surface area contributed by atoms with E-state index in [1.165, 1.54) is 12.1 Å². The Morgan fingerprint density at radius 1 is 1.39 bits per heavy atom. The first-order valence-corrected chi connectivity index (χ1v) is 7.31. The van der Waals surface area contributed by atoms with Crippen molar-refractivity contribution in [3.63, 3.8) is 0 Å². The van der Waals surface area contributed by atoms with Crippen LogP contribution in [0.5, 0.6) is 0 Å². The second kappa shape index (κ2) is 6.55. The van der Waals surface area contributed by atoms with Crippen LogP contribution >= 0.6 is 15.9 Å². The van der Waals surface area contributed by atoms with E-state index in [1.807, 2.05) is 0 Å². The summed E-state index contributed by atoms with van der Waals surface area (Å²) in [4.78, 5) is 4.79. The number of hydrogen-bond donors (Lipinski definition) is 1. The summed E-state index contributed by atoms with van der Waals surface area (Å²) in [6, 6.07) is 8.90. The van der Waals surface area contributed by atoms with Crippen molar-refractivity contribution in [3.8, 4) is 0 Å². The van der Waals surface area contributed by atoms with Crippen molar-refractivity contribution in [2.24, 2.45) is 0 Å². The van der Waals surface area contributed by atoms with Crippen LogP contribution in [-0.2, 0) is 0 Å². The van der Waals surface area contributed by atoms with Gasteiger partial charge in [-0.3, -0.25) is 0 Å². The number of aliphatic hydroxyl groups is 1. The van der Waals surface area contributed by atoms with Gasteiger partial charge < -0.3 is 14.9 Å². The third kappa shape index (κ3) is 3.46. The van der Waals surface area contributed by atoms with Gasteiger partial charge >= 0.3 is 0 Å². The first kappa shape index (κ1) is 13.8. The van der Waals surface area contributed by atoms with Crippen LogP contribution in [0.2, 0.25) is 0 Å². The fourth-order valence-electron chi connectivity index (χ4n) is 2.55. The lowest BCUT2D eigenvalue weighted by atomic mass is 10.1. The highest BCUT2D eigenvalue weighted by molar-refractivity contribution is 9.10. The van der Waals surface area contributed by atoms with E-state index in [2.05, 4.69) is 57.0 Å². The predicted octanol–water partition coefficient (Wildman–Crippen LogP) is 2.34. The van der Waals surface area contributed by atoms with Gasteiger partial charge in [-0.05, 0) is 44.6 Å². The minimum absolute atomic E-state index is 0.265. The maximum atomic E-state index is 9.18. The summed E-state index contributed by atoms with van der Waals surface area (Å²) < 4.78 is 1.12. The van der Waals surface area contributed by atoms with Crippen molar-refractivity contribution in [2.45, 2.75) is 18.9 Å². The summed E-state index contributed by atoms with van der Waals surface area (Å²) in [5, 5.41) is 9.18. The van der Waals surface area contributed by atoms with Gasteiger partial charge in [0.1, 0.15) is 0 Å². The molecular formula is C14H21BrN2O. The van der Waals surface area contributed by atoms with Crippen LogP contribution in [0.25, 0.3) is 0 Å². The van der Waals surface area contributed by atoms with Crippen LogP contribution in [-0.4, -0.2) is 49.3 Å². The summed E-state index contributed by atoms with van der Waals surface area (Å²) >= 11 is 3.53. The van der Waals surface area contributed by atoms with Crippen LogP contribution in [0, 0.1) is 0 Å². The lowest BCUT2D eigenvalue weighted by Gasteiger charge is -2.29. The number of aliphatic hydroxyl groups excluding tert-OH is 1. The highest BCUT2D eigenvalue weighted by Crippen LogP contribution is 2.23. The zero-order valence-electron chi connectivity index (χ0n) is 10.8. The minimum Gasteiger partial charge on any atom is -0.396 e. The van der Waals surface area contributed by atoms with E-state index >= 15 is 0 Å². The quantitative estimate of drug-likeness (QED) is 0.928. The maximum Gasteiger partial charge on any atom is 0.0446 e. The number of nitrogens with zero attached hydrogens (tertiary/aromatic N) is 2. The smallest absolute Gasteiger partial charge is 0.0446 e. The van der Waals surface area contributed by atoms with Crippen LogP contribution in [0.4, 0.5) is 5.69 Å². The van der Waals surface area contributed by atoms with Crippen molar-refractivity contribution in [1.82, 2.24) is 4.90 Å². The van der Waals surface area contributed by atoms with Crippen molar-refractivity contribution < 1.29 is 5.11 Å². The zero-order valence-corrected chi connectivity index (χ0v) is 12.4. The van der Waals surface area contributed by atoms with Crippen LogP contribution in [0.1, 0.15) is 12.8 Å². The van der Waals surface area contributed by atoms with E-state index in [9.17, 15) is 5.11 Å². The van der Waals surface area contributed by atoms with Gasteiger partial charge in [-0.25, -0.2) is 0 Å². The number of anilines is 1. The largest absolute Gasteiger partial charge is 0.396 e. The van der Waals surface area contributed by atoms with Gasteiger partial charge in [-0.1, -0.05) is 22.0 Å². The first-order chi connectivity index (χ1) is 8.70. The van der Waals surface area contributed by atoms with E-state index in [-0.39, 0.29) is 6.61 Å². The molecule has 1 aromatic carbocycles. The average Bonchev–Trinajstić information content (AvgIpc) is 2.53. The Balaban J connectivity index is 2.12. The third-order valence-electron chi connectivity index (χ3n) is 3.63. The normalized spacial score (nSPS) is 21.9. The second-order valence-electron chi connectivity index (χ2n) is 4.93. The highest BCUT2D eigenvalue weighted by atomic mass is 79.9. The topological polar surface area (TPSA) is 26.7 Å². The molecule has 3 nitrogen and oxygen atoms in total. The lowest BCUT2D eigenvalue weighted by molar-refractivity contribution is 0.196. The summed E-state index contributed by atoms with van der Waals surface area (Å²) in [7, 11) is 2.16. The summed E-state index contributed by atoms with van der Waals surface area (Å²) in [5.41, 5.74) is 1.27. The SMILES string of the molecule is CN1CCCN(c2cccc(Br)c2)CC1CCO. The number of benzene rings is 1. The molecule has 4 heteroatoms. The monoisotopic (exact) mass is 312 g/mol. The molecule has 0 aromatic heterocycles. The molecule has 1 fully saturated rings. The molecule has 0 radical (unpaired) electrons. The lowest BCUT2D eigenvalue weighted by Crippen LogP contribution is -2.39. The molecule has 1 heterocycles. The maximum absolute atomic E-state index is 9.18. The van der Waals surface area contributed by atoms with Crippen LogP contribution in [0.3, 0.4) is 0 Å². The van der Waals surface area contributed by atoms with Gasteiger partial charge in [0.2, 0.25) is 0 Å². The Morgan fingerprint density at radius 3 is 2.94 bits per heavy atom. The van der Waals surface area contributed by atoms with E-state index in [0.29, 0.717) is 6.04 Å². The molecule has 1 atom stereocenters. The Morgan fingerprint density at radius 2 is 2.22 bits per heavy atom. The molecule has 0 bridgehead atoms. The predicted molar refractivity (Wildman–Crippen MR) is 79.1 cm³/mol. The summed E-state index contributed by atoms with van der Waals surface area (Å²) in [6.07, 6.45) is 2.02. The highest BCUT2D eigenvalue weighted by Gasteiger charge is 2.22. The Kier molecular flexibility index (Phi) is 5.03. The standard InChI is InChI=1S/C14H21BrN2O/c1-16-7-3-8-17(11-14(16)6-9-18)13-5-2-4-12(15)10-13/h2,4-5,10,14,18H,3,6-9,11H2,1H3. The van der Waals surface area contributed by atoms with E-state index < -0.39 is 0 Å².